The highest BCUT2D eigenvalue weighted by molar-refractivity contribution is 5.87. The van der Waals surface area contributed by atoms with Crippen molar-refractivity contribution >= 4 is 5.71 Å². The number of aliphatic imine (C=N–C) groups is 1. The van der Waals surface area contributed by atoms with Gasteiger partial charge in [0.25, 0.3) is 0 Å². The summed E-state index contributed by atoms with van der Waals surface area (Å²) in [6.45, 7) is 10.9. The Kier molecular flexibility index (Phi) is 5.26. The fraction of sp³-hybridized carbons (Fsp3) is 0.889. The fourth-order valence-electron chi connectivity index (χ4n) is 9.02. The minimum absolute atomic E-state index is 0.0934. The molecule has 3 heteroatoms. The Labute approximate surface area is 183 Å². The molecule has 0 aromatic heterocycles. The predicted molar refractivity (Wildman–Crippen MR) is 122 cm³/mol. The highest BCUT2D eigenvalue weighted by Gasteiger charge is 2.60. The van der Waals surface area contributed by atoms with Gasteiger partial charge in [-0.05, 0) is 110 Å². The molecule has 10 unspecified atom stereocenters. The van der Waals surface area contributed by atoms with Crippen LogP contribution in [0.15, 0.2) is 16.6 Å². The summed E-state index contributed by atoms with van der Waals surface area (Å²) in [5, 5.41) is 21.0. The van der Waals surface area contributed by atoms with Gasteiger partial charge in [0.15, 0.2) is 0 Å². The number of allylic oxidation sites excluding steroid dienone is 1. The standard InChI is InChI=1S/C27H43NO2/c1-16-5-10-23(28-15-16)17(2)19-8-9-20-18-6-7-22-25(30)24(29)12-14-27(22,4)21(18)11-13-26(19,20)3/h7,16-21,24-25,29-30H,5-6,8-15H2,1-4H3. The maximum Gasteiger partial charge on any atom is 0.101 e. The van der Waals surface area contributed by atoms with Crippen molar-refractivity contribution < 1.29 is 10.2 Å². The second-order valence-electron chi connectivity index (χ2n) is 12.2. The van der Waals surface area contributed by atoms with Crippen LogP contribution < -0.4 is 0 Å². The lowest BCUT2D eigenvalue weighted by atomic mass is 9.46. The van der Waals surface area contributed by atoms with Crippen LogP contribution in [0, 0.1) is 46.3 Å². The Balaban J connectivity index is 1.40. The number of hydrogen-bond donors (Lipinski definition) is 2. The second kappa shape index (κ2) is 7.44. The molecular weight excluding hydrogens is 370 g/mol. The van der Waals surface area contributed by atoms with E-state index in [2.05, 4.69) is 33.8 Å². The predicted octanol–water partition coefficient (Wildman–Crippen LogP) is 5.40. The van der Waals surface area contributed by atoms with E-state index in [-0.39, 0.29) is 5.41 Å². The number of hydrogen-bond acceptors (Lipinski definition) is 3. The van der Waals surface area contributed by atoms with E-state index >= 15 is 0 Å². The molecular formula is C27H43NO2. The topological polar surface area (TPSA) is 52.8 Å². The molecule has 3 nitrogen and oxygen atoms in total. The molecule has 168 valence electrons. The lowest BCUT2D eigenvalue weighted by Crippen LogP contribution is -2.54. The van der Waals surface area contributed by atoms with Gasteiger partial charge in [-0.3, -0.25) is 4.99 Å². The smallest absolute Gasteiger partial charge is 0.101 e. The molecule has 3 fully saturated rings. The molecule has 10 atom stereocenters. The molecule has 0 amide bonds. The lowest BCUT2D eigenvalue weighted by Gasteiger charge is -2.59. The lowest BCUT2D eigenvalue weighted by molar-refractivity contribution is -0.0779. The SMILES string of the molecule is CC1CCC(C(C)C2CCC3C4CC=C5C(O)C(O)CCC5(C)C4CCC23C)=NC1. The van der Waals surface area contributed by atoms with Crippen LogP contribution in [0.25, 0.3) is 0 Å². The number of aliphatic hydroxyl groups excluding tert-OH is 2. The van der Waals surface area contributed by atoms with Gasteiger partial charge >= 0.3 is 0 Å². The van der Waals surface area contributed by atoms with Crippen molar-refractivity contribution in [2.75, 3.05) is 6.54 Å². The Bertz CT molecular complexity index is 743. The molecule has 0 aromatic carbocycles. The molecule has 30 heavy (non-hydrogen) atoms. The monoisotopic (exact) mass is 413 g/mol. The van der Waals surface area contributed by atoms with Crippen molar-refractivity contribution in [3.8, 4) is 0 Å². The molecule has 0 aromatic rings. The molecule has 0 bridgehead atoms. The summed E-state index contributed by atoms with van der Waals surface area (Å²) in [6, 6.07) is 0. The van der Waals surface area contributed by atoms with Gasteiger partial charge in [0.2, 0.25) is 0 Å². The Morgan fingerprint density at radius 3 is 2.57 bits per heavy atom. The average Bonchev–Trinajstić information content (AvgIpc) is 3.08. The zero-order valence-electron chi connectivity index (χ0n) is 19.6. The van der Waals surface area contributed by atoms with Gasteiger partial charge in [0.1, 0.15) is 6.10 Å². The fourth-order valence-corrected chi connectivity index (χ4v) is 9.02. The van der Waals surface area contributed by atoms with Crippen LogP contribution in [-0.2, 0) is 0 Å². The van der Waals surface area contributed by atoms with Gasteiger partial charge in [-0.15, -0.1) is 0 Å². The van der Waals surface area contributed by atoms with Crippen LogP contribution in [-0.4, -0.2) is 34.7 Å². The van der Waals surface area contributed by atoms with Crippen LogP contribution >= 0.6 is 0 Å². The third kappa shape index (κ3) is 3.01. The first-order valence-electron chi connectivity index (χ1n) is 12.9. The highest BCUT2D eigenvalue weighted by atomic mass is 16.3. The van der Waals surface area contributed by atoms with Crippen LogP contribution in [0.4, 0.5) is 0 Å². The van der Waals surface area contributed by atoms with Crippen molar-refractivity contribution in [2.24, 2.45) is 51.3 Å². The van der Waals surface area contributed by atoms with Gasteiger partial charge in [-0.25, -0.2) is 0 Å². The molecule has 2 N–H and O–H groups in total. The zero-order chi connectivity index (χ0) is 21.3. The van der Waals surface area contributed by atoms with Crippen molar-refractivity contribution in [1.29, 1.82) is 0 Å². The first kappa shape index (κ1) is 21.2. The normalized spacial score (nSPS) is 51.9. The van der Waals surface area contributed by atoms with Crippen molar-refractivity contribution in [2.45, 2.75) is 97.7 Å². The zero-order valence-corrected chi connectivity index (χ0v) is 19.6. The first-order chi connectivity index (χ1) is 14.3. The number of rotatable bonds is 2. The van der Waals surface area contributed by atoms with E-state index in [1.165, 1.54) is 49.8 Å². The largest absolute Gasteiger partial charge is 0.390 e. The van der Waals surface area contributed by atoms with Gasteiger partial charge in [-0.1, -0.05) is 33.8 Å². The third-order valence-corrected chi connectivity index (χ3v) is 10.9. The Morgan fingerprint density at radius 1 is 1.03 bits per heavy atom. The molecule has 4 aliphatic carbocycles. The maximum atomic E-state index is 10.7. The summed E-state index contributed by atoms with van der Waals surface area (Å²) in [5.74, 6) is 4.43. The Hall–Kier alpha value is -0.670. The molecule has 0 radical (unpaired) electrons. The number of fused-ring (bicyclic) bond motifs is 5. The first-order valence-corrected chi connectivity index (χ1v) is 12.9. The van der Waals surface area contributed by atoms with E-state index in [4.69, 9.17) is 4.99 Å². The minimum Gasteiger partial charge on any atom is -0.390 e. The van der Waals surface area contributed by atoms with Crippen molar-refractivity contribution in [1.82, 2.24) is 0 Å². The summed E-state index contributed by atoms with van der Waals surface area (Å²) in [6.07, 6.45) is 12.0. The van der Waals surface area contributed by atoms with E-state index in [9.17, 15) is 10.2 Å². The third-order valence-electron chi connectivity index (χ3n) is 10.9. The molecule has 3 saturated carbocycles. The van der Waals surface area contributed by atoms with Crippen molar-refractivity contribution in [3.05, 3.63) is 11.6 Å². The van der Waals surface area contributed by atoms with Gasteiger partial charge < -0.3 is 10.2 Å². The summed E-state index contributed by atoms with van der Waals surface area (Å²) >= 11 is 0. The van der Waals surface area contributed by atoms with E-state index < -0.39 is 12.2 Å². The van der Waals surface area contributed by atoms with E-state index in [0.717, 1.165) is 49.5 Å². The van der Waals surface area contributed by atoms with Crippen LogP contribution in [0.2, 0.25) is 0 Å². The molecule has 1 aliphatic heterocycles. The number of nitrogens with zero attached hydrogens (tertiary/aromatic N) is 1. The van der Waals surface area contributed by atoms with E-state index in [1.54, 1.807) is 0 Å². The summed E-state index contributed by atoms with van der Waals surface area (Å²) < 4.78 is 0. The summed E-state index contributed by atoms with van der Waals surface area (Å²) in [5.41, 5.74) is 3.22. The highest BCUT2D eigenvalue weighted by Crippen LogP contribution is 2.67. The molecule has 0 saturated heterocycles. The van der Waals surface area contributed by atoms with Gasteiger partial charge in [0, 0.05) is 12.3 Å². The molecule has 1 heterocycles. The van der Waals surface area contributed by atoms with Crippen LogP contribution in [0.1, 0.15) is 85.5 Å². The quantitative estimate of drug-likeness (QED) is 0.595. The van der Waals surface area contributed by atoms with Crippen LogP contribution in [0.3, 0.4) is 0 Å². The van der Waals surface area contributed by atoms with Gasteiger partial charge in [0.05, 0.1) is 6.10 Å². The van der Waals surface area contributed by atoms with Crippen molar-refractivity contribution in [3.63, 3.8) is 0 Å². The molecule has 0 spiro atoms. The van der Waals surface area contributed by atoms with Gasteiger partial charge in [-0.2, -0.15) is 0 Å². The Morgan fingerprint density at radius 2 is 1.83 bits per heavy atom. The van der Waals surface area contributed by atoms with Crippen LogP contribution in [0.5, 0.6) is 0 Å². The minimum atomic E-state index is -0.638. The average molecular weight is 414 g/mol. The molecule has 5 aliphatic rings. The summed E-state index contributed by atoms with van der Waals surface area (Å²) in [7, 11) is 0. The maximum absolute atomic E-state index is 10.7. The van der Waals surface area contributed by atoms with E-state index in [1.807, 2.05) is 0 Å². The summed E-state index contributed by atoms with van der Waals surface area (Å²) in [4.78, 5) is 5.04. The number of aliphatic hydroxyl groups is 2. The van der Waals surface area contributed by atoms with E-state index in [0.29, 0.717) is 17.3 Å². The molecule has 5 rings (SSSR count). The second-order valence-corrected chi connectivity index (χ2v) is 12.2.